The number of ketones is 1. The first-order chi connectivity index (χ1) is 8.18. The predicted molar refractivity (Wildman–Crippen MR) is 74.5 cm³/mol. The van der Waals surface area contributed by atoms with Crippen LogP contribution in [-0.4, -0.2) is 26.8 Å². The number of nitrogens with zero attached hydrogens (tertiary/aromatic N) is 2. The minimum atomic E-state index is -0.954. The van der Waals surface area contributed by atoms with Crippen LogP contribution >= 0.6 is 15.9 Å². The maximum atomic E-state index is 12.0. The Balaban J connectivity index is 2.92. The summed E-state index contributed by atoms with van der Waals surface area (Å²) in [5, 5.41) is 14.3. The van der Waals surface area contributed by atoms with E-state index in [-0.39, 0.29) is 12.2 Å². The zero-order chi connectivity index (χ0) is 14.1. The van der Waals surface area contributed by atoms with Crippen molar-refractivity contribution < 1.29 is 9.90 Å². The van der Waals surface area contributed by atoms with Gasteiger partial charge in [-0.2, -0.15) is 5.10 Å². The van der Waals surface area contributed by atoms with Crippen molar-refractivity contribution in [3.05, 3.63) is 15.9 Å². The quantitative estimate of drug-likeness (QED) is 0.927. The molecule has 0 aliphatic rings. The molecule has 1 aromatic heterocycles. The number of halogens is 1. The number of hydrogen-bond donors (Lipinski definition) is 1. The number of aryl methyl sites for hydroxylation is 2. The van der Waals surface area contributed by atoms with E-state index in [4.69, 9.17) is 0 Å². The van der Waals surface area contributed by atoms with Crippen LogP contribution in [0.2, 0.25) is 0 Å². The van der Waals surface area contributed by atoms with Crippen molar-refractivity contribution in [2.75, 3.05) is 0 Å². The Morgan fingerprint density at radius 2 is 2.06 bits per heavy atom. The van der Waals surface area contributed by atoms with Crippen molar-refractivity contribution in [2.45, 2.75) is 46.6 Å². The topological polar surface area (TPSA) is 55.1 Å². The Morgan fingerprint density at radius 1 is 1.50 bits per heavy atom. The molecule has 0 bridgehead atoms. The van der Waals surface area contributed by atoms with Gasteiger partial charge < -0.3 is 5.11 Å². The molecule has 18 heavy (non-hydrogen) atoms. The molecule has 0 aromatic carbocycles. The second-order valence-corrected chi connectivity index (χ2v) is 6.39. The van der Waals surface area contributed by atoms with Crippen molar-refractivity contribution in [1.29, 1.82) is 0 Å². The van der Waals surface area contributed by atoms with E-state index in [1.54, 1.807) is 4.68 Å². The number of Topliss-reactive ketones (excluding diaryl/α,β-unsaturated/α-hetero) is 1. The molecule has 0 aliphatic heterocycles. The zero-order valence-electron chi connectivity index (χ0n) is 11.6. The molecule has 1 N–H and O–H groups in total. The van der Waals surface area contributed by atoms with Gasteiger partial charge in [0.2, 0.25) is 0 Å². The summed E-state index contributed by atoms with van der Waals surface area (Å²) < 4.78 is 2.58. The Bertz CT molecular complexity index is 447. The lowest BCUT2D eigenvalue weighted by atomic mass is 9.85. The fraction of sp³-hybridized carbons (Fsp3) is 0.692. The van der Waals surface area contributed by atoms with Gasteiger partial charge in [-0.15, -0.1) is 0 Å². The fourth-order valence-corrected chi connectivity index (χ4v) is 2.51. The van der Waals surface area contributed by atoms with E-state index in [1.807, 2.05) is 34.7 Å². The third-order valence-corrected chi connectivity index (χ3v) is 3.89. The number of aliphatic hydroxyl groups excluding tert-OH is 1. The molecule has 0 amide bonds. The number of aromatic nitrogens is 2. The average Bonchev–Trinajstić information content (AvgIpc) is 2.54. The maximum absolute atomic E-state index is 12.0. The molecule has 0 fully saturated rings. The van der Waals surface area contributed by atoms with Gasteiger partial charge in [0.05, 0.1) is 22.3 Å². The van der Waals surface area contributed by atoms with Gasteiger partial charge >= 0.3 is 0 Å². The molecule has 1 heterocycles. The van der Waals surface area contributed by atoms with Crippen LogP contribution in [0.3, 0.4) is 0 Å². The normalized spacial score (nSPS) is 13.7. The van der Waals surface area contributed by atoms with Crippen LogP contribution in [0.15, 0.2) is 4.47 Å². The summed E-state index contributed by atoms with van der Waals surface area (Å²) in [6.45, 7) is 7.57. The van der Waals surface area contributed by atoms with Crippen LogP contribution < -0.4 is 0 Å². The van der Waals surface area contributed by atoms with Gasteiger partial charge in [0.15, 0.2) is 5.78 Å². The molecular formula is C13H21BrN2O2. The van der Waals surface area contributed by atoms with Gasteiger partial charge in [0.25, 0.3) is 0 Å². The van der Waals surface area contributed by atoms with Gasteiger partial charge in [-0.25, -0.2) is 0 Å². The minimum absolute atomic E-state index is 0.172. The lowest BCUT2D eigenvalue weighted by Gasteiger charge is -2.24. The monoisotopic (exact) mass is 316 g/mol. The minimum Gasteiger partial charge on any atom is -0.385 e. The van der Waals surface area contributed by atoms with E-state index in [0.717, 1.165) is 22.3 Å². The summed E-state index contributed by atoms with van der Waals surface area (Å²) in [6, 6.07) is 0. The zero-order valence-corrected chi connectivity index (χ0v) is 13.2. The van der Waals surface area contributed by atoms with Gasteiger partial charge in [0, 0.05) is 7.05 Å². The summed E-state index contributed by atoms with van der Waals surface area (Å²) in [6.07, 6.45) is 0.0526. The molecule has 0 spiro atoms. The molecule has 1 atom stereocenters. The van der Waals surface area contributed by atoms with Crippen molar-refractivity contribution in [3.63, 3.8) is 0 Å². The molecule has 0 aliphatic carbocycles. The Labute approximate surface area is 117 Å². The Kier molecular flexibility index (Phi) is 4.72. The van der Waals surface area contributed by atoms with Crippen molar-refractivity contribution in [3.8, 4) is 0 Å². The van der Waals surface area contributed by atoms with E-state index in [9.17, 15) is 9.90 Å². The fourth-order valence-electron chi connectivity index (χ4n) is 1.76. The molecule has 102 valence electrons. The van der Waals surface area contributed by atoms with Crippen molar-refractivity contribution in [2.24, 2.45) is 12.5 Å². The van der Waals surface area contributed by atoms with Gasteiger partial charge in [-0.3, -0.25) is 9.48 Å². The lowest BCUT2D eigenvalue weighted by molar-refractivity contribution is -0.131. The third kappa shape index (κ3) is 3.20. The lowest BCUT2D eigenvalue weighted by Crippen LogP contribution is -2.35. The smallest absolute Gasteiger partial charge is 0.167 e. The molecule has 0 saturated heterocycles. The van der Waals surface area contributed by atoms with Gasteiger partial charge in [-0.1, -0.05) is 27.7 Å². The first-order valence-corrected chi connectivity index (χ1v) is 6.88. The number of aliphatic hydroxyl groups is 1. The van der Waals surface area contributed by atoms with E-state index in [1.165, 1.54) is 0 Å². The van der Waals surface area contributed by atoms with Gasteiger partial charge in [-0.05, 0) is 27.8 Å². The molecule has 0 radical (unpaired) electrons. The van der Waals surface area contributed by atoms with Crippen LogP contribution in [-0.2, 0) is 24.7 Å². The van der Waals surface area contributed by atoms with Crippen LogP contribution in [0.1, 0.15) is 39.1 Å². The molecule has 1 unspecified atom stereocenters. The van der Waals surface area contributed by atoms with Crippen LogP contribution in [0, 0.1) is 5.41 Å². The summed E-state index contributed by atoms with van der Waals surface area (Å²) in [5.41, 5.74) is 1.32. The Morgan fingerprint density at radius 3 is 2.44 bits per heavy atom. The average molecular weight is 317 g/mol. The number of hydrogen-bond acceptors (Lipinski definition) is 3. The molecule has 5 heteroatoms. The summed E-state index contributed by atoms with van der Waals surface area (Å²) in [5.74, 6) is -0.172. The first kappa shape index (κ1) is 15.4. The molecule has 1 aromatic rings. The van der Waals surface area contributed by atoms with E-state index < -0.39 is 11.5 Å². The van der Waals surface area contributed by atoms with E-state index in [2.05, 4.69) is 21.0 Å². The van der Waals surface area contributed by atoms with Crippen molar-refractivity contribution >= 4 is 21.7 Å². The third-order valence-electron chi connectivity index (χ3n) is 2.97. The second-order valence-electron chi connectivity index (χ2n) is 5.60. The van der Waals surface area contributed by atoms with E-state index in [0.29, 0.717) is 0 Å². The standard InChI is InChI=1S/C13H21BrN2O2/c1-6-8-11(14)9(16(5)15-8)7-10(17)12(18)13(2,3)4/h12,18H,6-7H2,1-5H3. The van der Waals surface area contributed by atoms with Gasteiger partial charge in [0.1, 0.15) is 6.10 Å². The Hall–Kier alpha value is -0.680. The molecule has 1 rings (SSSR count). The number of carbonyl (C=O) groups excluding carboxylic acids is 1. The predicted octanol–water partition coefficient (Wildman–Crippen LogP) is 2.26. The van der Waals surface area contributed by atoms with Crippen LogP contribution in [0.25, 0.3) is 0 Å². The first-order valence-electron chi connectivity index (χ1n) is 6.09. The van der Waals surface area contributed by atoms with Crippen LogP contribution in [0.5, 0.6) is 0 Å². The summed E-state index contributed by atoms with van der Waals surface area (Å²) in [4.78, 5) is 12.0. The summed E-state index contributed by atoms with van der Waals surface area (Å²) >= 11 is 3.47. The second kappa shape index (κ2) is 5.53. The molecule has 0 saturated carbocycles. The highest BCUT2D eigenvalue weighted by molar-refractivity contribution is 9.10. The highest BCUT2D eigenvalue weighted by Crippen LogP contribution is 2.25. The SMILES string of the molecule is CCc1nn(C)c(CC(=O)C(O)C(C)(C)C)c1Br. The largest absolute Gasteiger partial charge is 0.385 e. The molecular weight excluding hydrogens is 296 g/mol. The summed E-state index contributed by atoms with van der Waals surface area (Å²) in [7, 11) is 1.82. The van der Waals surface area contributed by atoms with Crippen molar-refractivity contribution in [1.82, 2.24) is 9.78 Å². The molecule has 4 nitrogen and oxygen atoms in total. The highest BCUT2D eigenvalue weighted by atomic mass is 79.9. The maximum Gasteiger partial charge on any atom is 0.167 e. The van der Waals surface area contributed by atoms with Crippen LogP contribution in [0.4, 0.5) is 0 Å². The number of rotatable bonds is 4. The highest BCUT2D eigenvalue weighted by Gasteiger charge is 2.30. The number of carbonyl (C=O) groups is 1. The van der Waals surface area contributed by atoms with E-state index >= 15 is 0 Å².